The summed E-state index contributed by atoms with van der Waals surface area (Å²) in [6.45, 7) is 1.81. The molecular formula is C9H15NO3. The van der Waals surface area contributed by atoms with E-state index in [-0.39, 0.29) is 25.3 Å². The third-order valence-electron chi connectivity index (χ3n) is 1.97. The zero-order valence-electron chi connectivity index (χ0n) is 7.60. The number of nitrogens with one attached hydrogen (secondary N) is 1. The Bertz CT molecular complexity index is 219. The molecule has 0 aliphatic rings. The molecule has 0 fully saturated rings. The molecule has 0 radical (unpaired) electrons. The predicted octanol–water partition coefficient (Wildman–Crippen LogP) is 0.283. The van der Waals surface area contributed by atoms with Gasteiger partial charge < -0.3 is 19.9 Å². The Labute approximate surface area is 77.2 Å². The summed E-state index contributed by atoms with van der Waals surface area (Å²) in [5, 5.41) is 20.7. The van der Waals surface area contributed by atoms with Gasteiger partial charge in [0, 0.05) is 11.6 Å². The van der Waals surface area contributed by atoms with Gasteiger partial charge in [-0.05, 0) is 13.0 Å². The lowest BCUT2D eigenvalue weighted by Gasteiger charge is -2.18. The van der Waals surface area contributed by atoms with Gasteiger partial charge in [0.05, 0.1) is 31.8 Å². The highest BCUT2D eigenvalue weighted by molar-refractivity contribution is 5.10. The van der Waals surface area contributed by atoms with E-state index >= 15 is 0 Å². The maximum Gasteiger partial charge on any atom is 0.0950 e. The first kappa shape index (κ1) is 10.2. The molecule has 0 aliphatic carbocycles. The van der Waals surface area contributed by atoms with Crippen LogP contribution in [0, 0.1) is 0 Å². The van der Waals surface area contributed by atoms with Crippen molar-refractivity contribution in [2.45, 2.75) is 19.0 Å². The second-order valence-corrected chi connectivity index (χ2v) is 3.01. The molecule has 0 spiro atoms. The van der Waals surface area contributed by atoms with Crippen molar-refractivity contribution in [3.8, 4) is 0 Å². The van der Waals surface area contributed by atoms with Gasteiger partial charge >= 0.3 is 0 Å². The molecule has 0 aliphatic heterocycles. The molecule has 1 heterocycles. The van der Waals surface area contributed by atoms with Crippen LogP contribution in [-0.2, 0) is 0 Å². The van der Waals surface area contributed by atoms with Crippen LogP contribution in [0.5, 0.6) is 0 Å². The quantitative estimate of drug-likeness (QED) is 0.616. The van der Waals surface area contributed by atoms with Crippen molar-refractivity contribution in [3.05, 3.63) is 24.2 Å². The Kier molecular flexibility index (Phi) is 3.95. The average Bonchev–Trinajstić information content (AvgIpc) is 2.66. The standard InChI is InChI=1S/C9H15NO3/c1-7(8-2-3-13-6-8)10-9(4-11)5-12/h2-3,6-7,9-12H,4-5H2,1H3. The number of rotatable bonds is 5. The van der Waals surface area contributed by atoms with Gasteiger partial charge in [0.1, 0.15) is 0 Å². The fourth-order valence-electron chi connectivity index (χ4n) is 1.13. The van der Waals surface area contributed by atoms with Crippen molar-refractivity contribution in [2.75, 3.05) is 13.2 Å². The molecule has 13 heavy (non-hydrogen) atoms. The zero-order valence-corrected chi connectivity index (χ0v) is 7.60. The van der Waals surface area contributed by atoms with Gasteiger partial charge in [0.25, 0.3) is 0 Å². The lowest BCUT2D eigenvalue weighted by Crippen LogP contribution is -2.37. The molecule has 1 unspecified atom stereocenters. The minimum absolute atomic E-state index is 0.0707. The van der Waals surface area contributed by atoms with Crippen LogP contribution in [0.2, 0.25) is 0 Å². The highest BCUT2D eigenvalue weighted by atomic mass is 16.3. The van der Waals surface area contributed by atoms with Crippen LogP contribution in [0.1, 0.15) is 18.5 Å². The molecule has 1 rings (SSSR count). The first-order valence-electron chi connectivity index (χ1n) is 4.27. The number of hydrogen-bond acceptors (Lipinski definition) is 4. The molecule has 1 aromatic rings. The number of aliphatic hydroxyl groups excluding tert-OH is 2. The fourth-order valence-corrected chi connectivity index (χ4v) is 1.13. The third kappa shape index (κ3) is 2.84. The van der Waals surface area contributed by atoms with E-state index in [9.17, 15) is 0 Å². The van der Waals surface area contributed by atoms with Gasteiger partial charge in [-0.15, -0.1) is 0 Å². The molecule has 4 heteroatoms. The summed E-state index contributed by atoms with van der Waals surface area (Å²) in [5.74, 6) is 0. The van der Waals surface area contributed by atoms with Gasteiger partial charge in [-0.2, -0.15) is 0 Å². The largest absolute Gasteiger partial charge is 0.472 e. The topological polar surface area (TPSA) is 65.6 Å². The van der Waals surface area contributed by atoms with E-state index in [1.807, 2.05) is 13.0 Å². The van der Waals surface area contributed by atoms with Crippen LogP contribution in [0.15, 0.2) is 23.0 Å². The van der Waals surface area contributed by atoms with Gasteiger partial charge in [-0.3, -0.25) is 0 Å². The average molecular weight is 185 g/mol. The van der Waals surface area contributed by atoms with E-state index in [1.54, 1.807) is 12.5 Å². The maximum atomic E-state index is 8.83. The van der Waals surface area contributed by atoms with E-state index in [2.05, 4.69) is 5.32 Å². The van der Waals surface area contributed by atoms with Crippen LogP contribution in [0.4, 0.5) is 0 Å². The van der Waals surface area contributed by atoms with Crippen molar-refractivity contribution >= 4 is 0 Å². The monoisotopic (exact) mass is 185 g/mol. The molecule has 4 nitrogen and oxygen atoms in total. The highest BCUT2D eigenvalue weighted by Gasteiger charge is 2.11. The Morgan fingerprint density at radius 1 is 1.46 bits per heavy atom. The SMILES string of the molecule is CC(NC(CO)CO)c1ccoc1. The first-order valence-corrected chi connectivity index (χ1v) is 4.27. The van der Waals surface area contributed by atoms with Gasteiger partial charge in [0.15, 0.2) is 0 Å². The molecule has 0 saturated carbocycles. The molecule has 0 saturated heterocycles. The molecule has 1 atom stereocenters. The molecule has 0 amide bonds. The third-order valence-corrected chi connectivity index (χ3v) is 1.97. The fraction of sp³-hybridized carbons (Fsp3) is 0.556. The second-order valence-electron chi connectivity index (χ2n) is 3.01. The first-order chi connectivity index (χ1) is 6.27. The van der Waals surface area contributed by atoms with Crippen LogP contribution >= 0.6 is 0 Å². The number of aliphatic hydroxyl groups is 2. The summed E-state index contributed by atoms with van der Waals surface area (Å²) in [4.78, 5) is 0. The van der Waals surface area contributed by atoms with E-state index in [0.29, 0.717) is 0 Å². The van der Waals surface area contributed by atoms with Crippen LogP contribution in [-0.4, -0.2) is 29.5 Å². The summed E-state index contributed by atoms with van der Waals surface area (Å²) in [5.41, 5.74) is 1.01. The van der Waals surface area contributed by atoms with Crippen molar-refractivity contribution in [1.82, 2.24) is 5.32 Å². The van der Waals surface area contributed by atoms with E-state index in [0.717, 1.165) is 5.56 Å². The minimum atomic E-state index is -0.273. The van der Waals surface area contributed by atoms with Crippen molar-refractivity contribution in [1.29, 1.82) is 0 Å². The molecule has 0 bridgehead atoms. The maximum absolute atomic E-state index is 8.83. The molecular weight excluding hydrogens is 170 g/mol. The zero-order chi connectivity index (χ0) is 9.68. The Morgan fingerprint density at radius 2 is 2.15 bits per heavy atom. The molecule has 0 aromatic carbocycles. The van der Waals surface area contributed by atoms with E-state index < -0.39 is 0 Å². The lowest BCUT2D eigenvalue weighted by atomic mass is 10.1. The van der Waals surface area contributed by atoms with Crippen LogP contribution < -0.4 is 5.32 Å². The highest BCUT2D eigenvalue weighted by Crippen LogP contribution is 2.12. The van der Waals surface area contributed by atoms with Crippen LogP contribution in [0.3, 0.4) is 0 Å². The smallest absolute Gasteiger partial charge is 0.0950 e. The summed E-state index contributed by atoms with van der Waals surface area (Å²) in [6, 6.07) is 1.65. The summed E-state index contributed by atoms with van der Waals surface area (Å²) in [7, 11) is 0. The van der Waals surface area contributed by atoms with Gasteiger partial charge in [-0.1, -0.05) is 0 Å². The Hall–Kier alpha value is -0.840. The summed E-state index contributed by atoms with van der Waals surface area (Å²) in [6.07, 6.45) is 3.24. The van der Waals surface area contributed by atoms with Crippen molar-refractivity contribution in [3.63, 3.8) is 0 Å². The normalized spacial score (nSPS) is 13.5. The van der Waals surface area contributed by atoms with Crippen molar-refractivity contribution < 1.29 is 14.6 Å². The Morgan fingerprint density at radius 3 is 2.62 bits per heavy atom. The van der Waals surface area contributed by atoms with Gasteiger partial charge in [0.2, 0.25) is 0 Å². The second kappa shape index (κ2) is 5.01. The Balaban J connectivity index is 2.45. The predicted molar refractivity (Wildman–Crippen MR) is 48.2 cm³/mol. The number of hydrogen-bond donors (Lipinski definition) is 3. The molecule has 1 aromatic heterocycles. The summed E-state index contributed by atoms with van der Waals surface area (Å²) < 4.78 is 4.92. The van der Waals surface area contributed by atoms with Crippen LogP contribution in [0.25, 0.3) is 0 Å². The minimum Gasteiger partial charge on any atom is -0.472 e. The number of furan rings is 1. The van der Waals surface area contributed by atoms with Gasteiger partial charge in [-0.25, -0.2) is 0 Å². The lowest BCUT2D eigenvalue weighted by molar-refractivity contribution is 0.163. The van der Waals surface area contributed by atoms with E-state index in [4.69, 9.17) is 14.6 Å². The summed E-state index contributed by atoms with van der Waals surface area (Å²) >= 11 is 0. The molecule has 3 N–H and O–H groups in total. The molecule has 74 valence electrons. The van der Waals surface area contributed by atoms with E-state index in [1.165, 1.54) is 0 Å². The van der Waals surface area contributed by atoms with Crippen molar-refractivity contribution in [2.24, 2.45) is 0 Å².